The van der Waals surface area contributed by atoms with Gasteiger partial charge in [-0.25, -0.2) is 0 Å². The third kappa shape index (κ3) is 4.06. The molecular weight excluding hydrogens is 492 g/mol. The van der Waals surface area contributed by atoms with Gasteiger partial charge in [0.05, 0.1) is 0 Å². The van der Waals surface area contributed by atoms with Crippen LogP contribution in [-0.4, -0.2) is 0 Å². The Hall–Kier alpha value is -4.68. The van der Waals surface area contributed by atoms with Gasteiger partial charge in [0.25, 0.3) is 0 Å². The molecular formula is C41H32. The summed E-state index contributed by atoms with van der Waals surface area (Å²) in [6, 6.07) is 31.7. The SMILES string of the molecule is C1=C\Cc2c(c(-c3ccc4c5c3C/C=C\c3cccc(c3C5)C/C=C\4)c3ccccc3c2-c2ccccc2)C\C=C/1. The molecule has 0 nitrogen and oxygen atoms in total. The van der Waals surface area contributed by atoms with Gasteiger partial charge in [-0.3, -0.25) is 0 Å². The van der Waals surface area contributed by atoms with Crippen LogP contribution in [0.2, 0.25) is 0 Å². The molecule has 0 N–H and O–H groups in total. The Morgan fingerprint density at radius 1 is 0.415 bits per heavy atom. The minimum atomic E-state index is 0.929. The Bertz CT molecular complexity index is 1940. The van der Waals surface area contributed by atoms with Gasteiger partial charge in [-0.05, 0) is 110 Å². The molecule has 0 saturated heterocycles. The van der Waals surface area contributed by atoms with Gasteiger partial charge in [-0.2, -0.15) is 0 Å². The van der Waals surface area contributed by atoms with Crippen molar-refractivity contribution in [3.05, 3.63) is 166 Å². The summed E-state index contributed by atoms with van der Waals surface area (Å²) in [4.78, 5) is 0. The highest BCUT2D eigenvalue weighted by atomic mass is 14.3. The van der Waals surface area contributed by atoms with Gasteiger partial charge in [0.15, 0.2) is 0 Å². The summed E-state index contributed by atoms with van der Waals surface area (Å²) in [5.41, 5.74) is 17.1. The van der Waals surface area contributed by atoms with E-state index in [-0.39, 0.29) is 0 Å². The molecule has 0 heterocycles. The first kappa shape index (κ1) is 24.1. The van der Waals surface area contributed by atoms with Crippen LogP contribution in [0.15, 0.2) is 121 Å². The molecule has 0 amide bonds. The van der Waals surface area contributed by atoms with E-state index in [4.69, 9.17) is 0 Å². The van der Waals surface area contributed by atoms with Gasteiger partial charge in [-0.1, -0.05) is 134 Å². The summed E-state index contributed by atoms with van der Waals surface area (Å²) >= 11 is 0. The summed E-state index contributed by atoms with van der Waals surface area (Å²) < 4.78 is 0. The van der Waals surface area contributed by atoms with E-state index in [1.165, 1.54) is 77.5 Å². The van der Waals surface area contributed by atoms with Crippen molar-refractivity contribution >= 4 is 22.9 Å². The van der Waals surface area contributed by atoms with Crippen molar-refractivity contribution in [2.24, 2.45) is 0 Å². The van der Waals surface area contributed by atoms with E-state index in [1.807, 2.05) is 0 Å². The number of allylic oxidation sites excluding steroid dienone is 6. The van der Waals surface area contributed by atoms with Crippen LogP contribution >= 0.6 is 0 Å². The molecule has 0 radical (unpaired) electrons. The van der Waals surface area contributed by atoms with Gasteiger partial charge in [0.1, 0.15) is 0 Å². The van der Waals surface area contributed by atoms with Gasteiger partial charge in [0.2, 0.25) is 0 Å². The zero-order valence-corrected chi connectivity index (χ0v) is 23.2. The van der Waals surface area contributed by atoms with E-state index in [9.17, 15) is 0 Å². The van der Waals surface area contributed by atoms with Crippen LogP contribution in [-0.2, 0) is 32.1 Å². The van der Waals surface area contributed by atoms with E-state index in [2.05, 4.69) is 134 Å². The van der Waals surface area contributed by atoms with Crippen molar-refractivity contribution in [2.45, 2.75) is 32.1 Å². The largest absolute Gasteiger partial charge is 0.0801 e. The van der Waals surface area contributed by atoms with Crippen molar-refractivity contribution in [1.29, 1.82) is 0 Å². The predicted molar refractivity (Wildman–Crippen MR) is 175 cm³/mol. The van der Waals surface area contributed by atoms with Crippen LogP contribution in [0, 0.1) is 0 Å². The summed E-state index contributed by atoms with van der Waals surface area (Å²) in [6.45, 7) is 0. The van der Waals surface area contributed by atoms with Crippen LogP contribution in [0.25, 0.3) is 45.2 Å². The maximum atomic E-state index is 2.42. The second-order valence-electron chi connectivity index (χ2n) is 11.4. The van der Waals surface area contributed by atoms with Crippen LogP contribution in [0.4, 0.5) is 0 Å². The highest BCUT2D eigenvalue weighted by Gasteiger charge is 2.25. The van der Waals surface area contributed by atoms with Gasteiger partial charge in [0, 0.05) is 0 Å². The lowest BCUT2D eigenvalue weighted by molar-refractivity contribution is 1.05. The van der Waals surface area contributed by atoms with E-state index < -0.39 is 0 Å². The molecule has 196 valence electrons. The minimum absolute atomic E-state index is 0.929. The van der Waals surface area contributed by atoms with Gasteiger partial charge in [-0.15, -0.1) is 0 Å². The monoisotopic (exact) mass is 524 g/mol. The standard InChI is InChI=1S/C41H32/c1-2-7-21-35-33(20-6-1)40(31-13-4-3-5-14-31)34-22-8-9-23-36(34)41(35)37-26-25-30-18-11-17-28-15-10-16-29-19-12-24-32(37)39(30)27-38(28)29/h1-16,18-19,22-23,25-26H,17,20-21,24,27H2/b6-1-,7-2-,18-11-,19-12-. The molecule has 0 heteroatoms. The van der Waals surface area contributed by atoms with Crippen LogP contribution < -0.4 is 0 Å². The third-order valence-corrected chi connectivity index (χ3v) is 9.18. The predicted octanol–water partition coefficient (Wildman–Crippen LogP) is 10.1. The Balaban J connectivity index is 1.47. The quantitative estimate of drug-likeness (QED) is 0.215. The lowest BCUT2D eigenvalue weighted by Gasteiger charge is -2.27. The lowest BCUT2D eigenvalue weighted by atomic mass is 9.77. The smallest absolute Gasteiger partial charge is 0.000798 e. The molecule has 8 rings (SSSR count). The first-order valence-corrected chi connectivity index (χ1v) is 14.9. The minimum Gasteiger partial charge on any atom is -0.0801 e. The number of benzene rings is 5. The molecule has 5 aromatic rings. The summed E-state index contributed by atoms with van der Waals surface area (Å²) in [5, 5.41) is 2.70. The molecule has 0 unspecified atom stereocenters. The average Bonchev–Trinajstić information content (AvgIpc) is 2.97. The first-order valence-electron chi connectivity index (χ1n) is 14.9. The Morgan fingerprint density at radius 2 is 1.07 bits per heavy atom. The number of hydrogen-bond donors (Lipinski definition) is 0. The second-order valence-corrected chi connectivity index (χ2v) is 11.4. The normalized spacial score (nSPS) is 18.0. The number of rotatable bonds is 2. The number of fused-ring (bicyclic) bond motifs is 2. The molecule has 5 aromatic carbocycles. The second kappa shape index (κ2) is 10.1. The Kier molecular flexibility index (Phi) is 5.92. The van der Waals surface area contributed by atoms with Gasteiger partial charge < -0.3 is 0 Å². The van der Waals surface area contributed by atoms with Crippen LogP contribution in [0.5, 0.6) is 0 Å². The maximum absolute atomic E-state index is 2.42. The zero-order chi connectivity index (χ0) is 27.2. The van der Waals surface area contributed by atoms with Crippen molar-refractivity contribution < 1.29 is 0 Å². The highest BCUT2D eigenvalue weighted by molar-refractivity contribution is 6.08. The summed E-state index contributed by atoms with van der Waals surface area (Å²) in [5.74, 6) is 0. The van der Waals surface area contributed by atoms with E-state index in [1.54, 1.807) is 0 Å². The van der Waals surface area contributed by atoms with Crippen LogP contribution in [0.3, 0.4) is 0 Å². The van der Waals surface area contributed by atoms with Gasteiger partial charge >= 0.3 is 0 Å². The lowest BCUT2D eigenvalue weighted by Crippen LogP contribution is -2.09. The topological polar surface area (TPSA) is 0 Å². The van der Waals surface area contributed by atoms with Crippen molar-refractivity contribution in [2.75, 3.05) is 0 Å². The molecule has 0 fully saturated rings. The fourth-order valence-corrected chi connectivity index (χ4v) is 7.32. The Morgan fingerprint density at radius 3 is 1.88 bits per heavy atom. The average molecular weight is 525 g/mol. The molecule has 2 bridgehead atoms. The van der Waals surface area contributed by atoms with Crippen LogP contribution in [0.1, 0.15) is 44.5 Å². The fraction of sp³-hybridized carbons (Fsp3) is 0.122. The molecule has 41 heavy (non-hydrogen) atoms. The van der Waals surface area contributed by atoms with Crippen molar-refractivity contribution in [3.8, 4) is 22.3 Å². The molecule has 0 atom stereocenters. The number of hydrogen-bond acceptors (Lipinski definition) is 0. The molecule has 0 spiro atoms. The highest BCUT2D eigenvalue weighted by Crippen LogP contribution is 2.45. The zero-order valence-electron chi connectivity index (χ0n) is 23.2. The van der Waals surface area contributed by atoms with Crippen molar-refractivity contribution in [3.63, 3.8) is 0 Å². The molecule has 0 aliphatic heterocycles. The van der Waals surface area contributed by atoms with E-state index in [0.29, 0.717) is 0 Å². The molecule has 0 aromatic heterocycles. The summed E-state index contributed by atoms with van der Waals surface area (Å²) in [7, 11) is 0. The first-order chi connectivity index (χ1) is 20.4. The van der Waals surface area contributed by atoms with E-state index >= 15 is 0 Å². The third-order valence-electron chi connectivity index (χ3n) is 9.18. The molecule has 3 aliphatic carbocycles. The fourth-order valence-electron chi connectivity index (χ4n) is 7.32. The Labute approximate surface area is 242 Å². The molecule has 0 saturated carbocycles. The maximum Gasteiger partial charge on any atom is -0.000798 e. The van der Waals surface area contributed by atoms with E-state index in [0.717, 1.165) is 32.1 Å². The van der Waals surface area contributed by atoms with Crippen molar-refractivity contribution in [1.82, 2.24) is 0 Å². The summed E-state index contributed by atoms with van der Waals surface area (Å²) in [6.07, 6.45) is 23.3. The molecule has 3 aliphatic rings.